The molecular weight excluding hydrogens is 324 g/mol. The standard InChI is InChI=1S/C17H16N4O4/c1-12(14-5-3-2-4-6-14)19-16(22)17(23)20-18-11-13-7-9-15(10-8-13)21(24)25/h2-12H,1H3,(H,19,22)(H,20,23)/b18-11+/t12-/m1/s1. The molecule has 0 heterocycles. The lowest BCUT2D eigenvalue weighted by molar-refractivity contribution is -0.384. The first-order valence-electron chi connectivity index (χ1n) is 7.40. The number of hydrazone groups is 1. The summed E-state index contributed by atoms with van der Waals surface area (Å²) >= 11 is 0. The van der Waals surface area contributed by atoms with Gasteiger partial charge < -0.3 is 5.32 Å². The number of nitro benzene ring substituents is 1. The van der Waals surface area contributed by atoms with Crippen molar-refractivity contribution < 1.29 is 14.5 Å². The van der Waals surface area contributed by atoms with Crippen molar-refractivity contribution in [3.63, 3.8) is 0 Å². The average molecular weight is 340 g/mol. The third-order valence-electron chi connectivity index (χ3n) is 3.34. The van der Waals surface area contributed by atoms with Gasteiger partial charge in [0.1, 0.15) is 0 Å². The van der Waals surface area contributed by atoms with Crippen LogP contribution in [0.1, 0.15) is 24.1 Å². The van der Waals surface area contributed by atoms with Crippen molar-refractivity contribution in [1.82, 2.24) is 10.7 Å². The molecule has 2 aromatic rings. The summed E-state index contributed by atoms with van der Waals surface area (Å²) in [7, 11) is 0. The molecule has 0 spiro atoms. The SMILES string of the molecule is C[C@@H](NC(=O)C(=O)N/N=C/c1ccc([N+](=O)[O-])cc1)c1ccccc1. The number of carbonyl (C=O) groups is 2. The van der Waals surface area contributed by atoms with Crippen LogP contribution < -0.4 is 10.7 Å². The second-order valence-electron chi connectivity index (χ2n) is 5.15. The summed E-state index contributed by atoms with van der Waals surface area (Å²) in [6.45, 7) is 1.76. The summed E-state index contributed by atoms with van der Waals surface area (Å²) in [6, 6.07) is 14.5. The first kappa shape index (κ1) is 17.8. The first-order valence-corrected chi connectivity index (χ1v) is 7.40. The second-order valence-corrected chi connectivity index (χ2v) is 5.15. The van der Waals surface area contributed by atoms with Crippen LogP contribution in [0.15, 0.2) is 59.7 Å². The molecule has 0 saturated carbocycles. The summed E-state index contributed by atoms with van der Waals surface area (Å²) in [4.78, 5) is 33.6. The van der Waals surface area contributed by atoms with Crippen LogP contribution in [0.3, 0.4) is 0 Å². The Morgan fingerprint density at radius 2 is 1.72 bits per heavy atom. The second kappa shape index (κ2) is 8.34. The molecule has 0 aromatic heterocycles. The molecule has 8 heteroatoms. The highest BCUT2D eigenvalue weighted by molar-refractivity contribution is 6.35. The number of hydrogen-bond acceptors (Lipinski definition) is 5. The van der Waals surface area contributed by atoms with Crippen LogP contribution in [-0.2, 0) is 9.59 Å². The maximum atomic E-state index is 11.8. The number of benzene rings is 2. The summed E-state index contributed by atoms with van der Waals surface area (Å²) in [5, 5.41) is 16.8. The third-order valence-corrected chi connectivity index (χ3v) is 3.34. The summed E-state index contributed by atoms with van der Waals surface area (Å²) < 4.78 is 0. The fraction of sp³-hybridized carbons (Fsp3) is 0.118. The molecule has 2 aromatic carbocycles. The topological polar surface area (TPSA) is 114 Å². The minimum Gasteiger partial charge on any atom is -0.341 e. The molecule has 0 radical (unpaired) electrons. The van der Waals surface area contributed by atoms with Gasteiger partial charge >= 0.3 is 11.8 Å². The van der Waals surface area contributed by atoms with E-state index in [1.807, 2.05) is 30.3 Å². The lowest BCUT2D eigenvalue weighted by Gasteiger charge is -2.13. The van der Waals surface area contributed by atoms with E-state index in [0.717, 1.165) is 5.56 Å². The van der Waals surface area contributed by atoms with Crippen molar-refractivity contribution in [3.05, 3.63) is 75.8 Å². The van der Waals surface area contributed by atoms with Crippen molar-refractivity contribution in [1.29, 1.82) is 0 Å². The predicted molar refractivity (Wildman–Crippen MR) is 91.8 cm³/mol. The Kier molecular flexibility index (Phi) is 5.94. The van der Waals surface area contributed by atoms with Gasteiger partial charge in [0.05, 0.1) is 17.2 Å². The minimum absolute atomic E-state index is 0.0459. The maximum absolute atomic E-state index is 11.8. The number of hydrogen-bond donors (Lipinski definition) is 2. The van der Waals surface area contributed by atoms with E-state index in [1.54, 1.807) is 6.92 Å². The lowest BCUT2D eigenvalue weighted by atomic mass is 10.1. The van der Waals surface area contributed by atoms with Gasteiger partial charge in [0.15, 0.2) is 0 Å². The molecule has 0 bridgehead atoms. The van der Waals surface area contributed by atoms with Crippen LogP contribution in [0.25, 0.3) is 0 Å². The number of rotatable bonds is 5. The van der Waals surface area contributed by atoms with Gasteiger partial charge in [0.2, 0.25) is 0 Å². The fourth-order valence-corrected chi connectivity index (χ4v) is 1.99. The van der Waals surface area contributed by atoms with E-state index in [0.29, 0.717) is 5.56 Å². The molecule has 0 unspecified atom stereocenters. The Bertz CT molecular complexity index is 788. The highest BCUT2D eigenvalue weighted by Gasteiger charge is 2.16. The van der Waals surface area contributed by atoms with Crippen LogP contribution in [0.5, 0.6) is 0 Å². The average Bonchev–Trinajstić information content (AvgIpc) is 2.62. The van der Waals surface area contributed by atoms with Crippen LogP contribution in [-0.4, -0.2) is 23.0 Å². The monoisotopic (exact) mass is 340 g/mol. The zero-order chi connectivity index (χ0) is 18.2. The summed E-state index contributed by atoms with van der Waals surface area (Å²) in [5.41, 5.74) is 3.48. The van der Waals surface area contributed by atoms with Gasteiger partial charge in [0, 0.05) is 12.1 Å². The van der Waals surface area contributed by atoms with Crippen LogP contribution in [0, 0.1) is 10.1 Å². The number of nitro groups is 1. The Balaban J connectivity index is 1.86. The molecule has 0 saturated heterocycles. The van der Waals surface area contributed by atoms with Crippen molar-refractivity contribution >= 4 is 23.7 Å². The number of nitrogens with one attached hydrogen (secondary N) is 2. The van der Waals surface area contributed by atoms with E-state index >= 15 is 0 Å². The Labute approximate surface area is 143 Å². The summed E-state index contributed by atoms with van der Waals surface area (Å²) in [5.74, 6) is -1.71. The van der Waals surface area contributed by atoms with Crippen molar-refractivity contribution in [2.45, 2.75) is 13.0 Å². The van der Waals surface area contributed by atoms with Gasteiger partial charge in [-0.25, -0.2) is 5.43 Å². The van der Waals surface area contributed by atoms with Crippen LogP contribution in [0.2, 0.25) is 0 Å². The molecular formula is C17H16N4O4. The van der Waals surface area contributed by atoms with Crippen LogP contribution >= 0.6 is 0 Å². The van der Waals surface area contributed by atoms with Crippen molar-refractivity contribution in [3.8, 4) is 0 Å². The number of amides is 2. The Hall–Kier alpha value is -3.55. The van der Waals surface area contributed by atoms with Crippen molar-refractivity contribution in [2.24, 2.45) is 5.10 Å². The van der Waals surface area contributed by atoms with E-state index in [9.17, 15) is 19.7 Å². The highest BCUT2D eigenvalue weighted by atomic mass is 16.6. The third kappa shape index (κ3) is 5.24. The molecule has 0 aliphatic heterocycles. The van der Waals surface area contributed by atoms with Crippen molar-refractivity contribution in [2.75, 3.05) is 0 Å². The molecule has 0 fully saturated rings. The zero-order valence-electron chi connectivity index (χ0n) is 13.4. The van der Waals surface area contributed by atoms with E-state index in [-0.39, 0.29) is 11.7 Å². The van der Waals surface area contributed by atoms with Gasteiger partial charge in [0.25, 0.3) is 5.69 Å². The summed E-state index contributed by atoms with van der Waals surface area (Å²) in [6.07, 6.45) is 1.29. The predicted octanol–water partition coefficient (Wildman–Crippen LogP) is 1.92. The maximum Gasteiger partial charge on any atom is 0.329 e. The Morgan fingerprint density at radius 1 is 1.08 bits per heavy atom. The van der Waals surface area contributed by atoms with Crippen LogP contribution in [0.4, 0.5) is 5.69 Å². The quantitative estimate of drug-likeness (QED) is 0.374. The first-order chi connectivity index (χ1) is 12.0. The normalized spacial score (nSPS) is 11.7. The largest absolute Gasteiger partial charge is 0.341 e. The van der Waals surface area contributed by atoms with Gasteiger partial charge in [-0.05, 0) is 30.2 Å². The Morgan fingerprint density at radius 3 is 2.32 bits per heavy atom. The van der Waals surface area contributed by atoms with Gasteiger partial charge in [-0.3, -0.25) is 19.7 Å². The van der Waals surface area contributed by atoms with Gasteiger partial charge in [-0.1, -0.05) is 30.3 Å². The van der Waals surface area contributed by atoms with E-state index in [1.165, 1.54) is 30.5 Å². The van der Waals surface area contributed by atoms with Gasteiger partial charge in [-0.2, -0.15) is 5.10 Å². The number of carbonyl (C=O) groups excluding carboxylic acids is 2. The lowest BCUT2D eigenvalue weighted by Crippen LogP contribution is -2.39. The molecule has 0 aliphatic carbocycles. The molecule has 2 amide bonds. The van der Waals surface area contributed by atoms with E-state index in [4.69, 9.17) is 0 Å². The van der Waals surface area contributed by atoms with Gasteiger partial charge in [-0.15, -0.1) is 0 Å². The molecule has 128 valence electrons. The number of non-ortho nitro benzene ring substituents is 1. The number of nitrogens with zero attached hydrogens (tertiary/aromatic N) is 2. The molecule has 0 aliphatic rings. The fourth-order valence-electron chi connectivity index (χ4n) is 1.99. The molecule has 8 nitrogen and oxygen atoms in total. The molecule has 2 N–H and O–H groups in total. The molecule has 1 atom stereocenters. The van der Waals surface area contributed by atoms with E-state index < -0.39 is 16.7 Å². The molecule has 2 rings (SSSR count). The highest BCUT2D eigenvalue weighted by Crippen LogP contribution is 2.11. The smallest absolute Gasteiger partial charge is 0.329 e. The molecule has 25 heavy (non-hydrogen) atoms. The van der Waals surface area contributed by atoms with E-state index in [2.05, 4.69) is 15.8 Å². The minimum atomic E-state index is -0.902. The zero-order valence-corrected chi connectivity index (χ0v) is 13.4.